The molecule has 6 aliphatic rings. The molecule has 14 heteroatoms. The molecule has 5 fully saturated rings. The highest BCUT2D eigenvalue weighted by Gasteiger charge is 2.69. The van der Waals surface area contributed by atoms with Gasteiger partial charge in [0, 0.05) is 0 Å². The zero-order valence-electron chi connectivity index (χ0n) is 32.6. The zero-order valence-corrected chi connectivity index (χ0v) is 32.6. The lowest BCUT2D eigenvalue weighted by Gasteiger charge is -2.71. The van der Waals surface area contributed by atoms with Crippen LogP contribution in [0, 0.1) is 50.2 Å². The molecule has 6 rings (SSSR count). The van der Waals surface area contributed by atoms with E-state index < -0.39 is 84.4 Å². The fourth-order valence-corrected chi connectivity index (χ4v) is 12.8. The van der Waals surface area contributed by atoms with Gasteiger partial charge in [-0.3, -0.25) is 4.79 Å². The summed E-state index contributed by atoms with van der Waals surface area (Å²) in [6.07, 6.45) is -1.60. The summed E-state index contributed by atoms with van der Waals surface area (Å²) >= 11 is 0. The van der Waals surface area contributed by atoms with Crippen LogP contribution in [-0.4, -0.2) is 104 Å². The maximum Gasteiger partial charge on any atom is 0.361 e. The summed E-state index contributed by atoms with van der Waals surface area (Å²) in [5.41, 5.74) is -0.128. The lowest BCUT2D eigenvalue weighted by atomic mass is 9.33. The van der Waals surface area contributed by atoms with Crippen LogP contribution < -0.4 is 0 Å². The van der Waals surface area contributed by atoms with E-state index in [1.807, 2.05) is 0 Å². The molecule has 0 radical (unpaired) electrons. The van der Waals surface area contributed by atoms with Crippen molar-refractivity contribution in [2.75, 3.05) is 6.61 Å². The number of aliphatic hydroxyl groups excluding tert-OH is 2. The van der Waals surface area contributed by atoms with Crippen molar-refractivity contribution >= 4 is 23.9 Å². The van der Waals surface area contributed by atoms with Crippen molar-refractivity contribution in [3.63, 3.8) is 0 Å². The second-order valence-corrected chi connectivity index (χ2v) is 19.4. The van der Waals surface area contributed by atoms with E-state index in [1.165, 1.54) is 5.57 Å². The van der Waals surface area contributed by atoms with Crippen LogP contribution in [0.5, 0.6) is 0 Å². The summed E-state index contributed by atoms with van der Waals surface area (Å²) < 4.78 is 22.2. The molecule has 1 saturated heterocycles. The normalized spacial score (nSPS) is 45.6. The molecule has 304 valence electrons. The van der Waals surface area contributed by atoms with Gasteiger partial charge in [-0.15, -0.1) is 0 Å². The number of allylic oxidation sites excluding steroid dienone is 2. The molecule has 5 aliphatic carbocycles. The Morgan fingerprint density at radius 3 is 2.13 bits per heavy atom. The second-order valence-electron chi connectivity index (χ2n) is 19.4. The summed E-state index contributed by atoms with van der Waals surface area (Å²) in [5, 5.41) is 61.3. The molecule has 0 bridgehead atoms. The summed E-state index contributed by atoms with van der Waals surface area (Å²) in [6, 6.07) is 0. The highest BCUT2D eigenvalue weighted by Crippen LogP contribution is 2.76. The number of carboxylic acid groups (broad SMARTS) is 4. The number of carbonyl (C=O) groups is 4. The fraction of sp³-hybridized carbons (Fsp3) is 0.850. The first-order chi connectivity index (χ1) is 24.9. The summed E-state index contributed by atoms with van der Waals surface area (Å²) in [4.78, 5) is 48.0. The van der Waals surface area contributed by atoms with E-state index in [9.17, 15) is 44.7 Å². The lowest BCUT2D eigenvalue weighted by Crippen LogP contribution is -2.66. The SMILES string of the molecule is CC1(C)CC[C@]2(C(=O)O)CC[C@]3(C)C(=CC[C@@H]4[C@@]5(C)CC[C@H](O[C@@H]6O[C@H](C(=O)O)[C@@H](O)[C@H](O[C@H](OCC(=O)O)C(=O)O)[C@H]6O)C(C)(C)[C@@H]5CC[C@]43C)[C@@H]2C1. The van der Waals surface area contributed by atoms with Crippen LogP contribution in [0.2, 0.25) is 0 Å². The fourth-order valence-electron chi connectivity index (χ4n) is 12.8. The number of aliphatic hydroxyl groups is 2. The molecule has 54 heavy (non-hydrogen) atoms. The van der Waals surface area contributed by atoms with Crippen LogP contribution in [0.15, 0.2) is 11.6 Å². The van der Waals surface area contributed by atoms with E-state index in [1.54, 1.807) is 0 Å². The third-order valence-corrected chi connectivity index (χ3v) is 15.9. The van der Waals surface area contributed by atoms with Crippen molar-refractivity contribution in [1.29, 1.82) is 0 Å². The lowest BCUT2D eigenvalue weighted by molar-refractivity contribution is -0.339. The first-order valence-electron chi connectivity index (χ1n) is 19.5. The van der Waals surface area contributed by atoms with Crippen molar-refractivity contribution in [2.45, 2.75) is 156 Å². The Hall–Kier alpha value is -2.62. The number of hydrogen-bond donors (Lipinski definition) is 6. The quantitative estimate of drug-likeness (QED) is 0.101. The average Bonchev–Trinajstić information content (AvgIpc) is 3.06. The van der Waals surface area contributed by atoms with Crippen molar-refractivity contribution in [3.05, 3.63) is 11.6 Å². The van der Waals surface area contributed by atoms with Crippen LogP contribution in [0.4, 0.5) is 0 Å². The van der Waals surface area contributed by atoms with Crippen molar-refractivity contribution < 1.29 is 68.8 Å². The molecule has 0 unspecified atom stereocenters. The van der Waals surface area contributed by atoms with Crippen LogP contribution in [0.3, 0.4) is 0 Å². The topological polar surface area (TPSA) is 227 Å². The third kappa shape index (κ3) is 6.31. The monoisotopic (exact) mass is 764 g/mol. The molecule has 1 heterocycles. The van der Waals surface area contributed by atoms with E-state index in [4.69, 9.17) is 24.1 Å². The van der Waals surface area contributed by atoms with Gasteiger partial charge in [-0.1, -0.05) is 60.1 Å². The summed E-state index contributed by atoms with van der Waals surface area (Å²) in [6.45, 7) is 14.9. The van der Waals surface area contributed by atoms with Crippen LogP contribution in [0.1, 0.15) is 113 Å². The number of hydrogen-bond acceptors (Lipinski definition) is 10. The molecule has 1 aliphatic heterocycles. The number of ether oxygens (including phenoxy) is 4. The third-order valence-electron chi connectivity index (χ3n) is 15.9. The zero-order chi connectivity index (χ0) is 40.0. The van der Waals surface area contributed by atoms with Gasteiger partial charge in [0.15, 0.2) is 12.4 Å². The molecule has 14 nitrogen and oxygen atoms in total. The standard InChI is InChI=1S/C40H60O14/c1-35(2)14-16-40(34(49)50)17-15-38(6)20(21(40)18-35)8-9-23-37(5)12-11-24(36(3,4)22(37)10-13-39(23,38)7)52-32-27(44)28(26(43)29(54-32)30(45)46)53-33(31(47)48)51-19-25(41)42/h8,21-24,26-29,32-33,43-44H,9-19H2,1-7H3,(H,41,42)(H,45,46)(H,47,48)(H,49,50)/t21-,22-,23+,24-,26-,27+,28-,29-,32+,33-,37-,38+,39+,40-/m0/s1. The van der Waals surface area contributed by atoms with Crippen molar-refractivity contribution in [2.24, 2.45) is 50.2 Å². The van der Waals surface area contributed by atoms with E-state index >= 15 is 0 Å². The minimum Gasteiger partial charge on any atom is -0.481 e. The minimum absolute atomic E-state index is 0.0127. The maximum absolute atomic E-state index is 13.0. The van der Waals surface area contributed by atoms with Gasteiger partial charge >= 0.3 is 23.9 Å². The highest BCUT2D eigenvalue weighted by molar-refractivity contribution is 5.77. The van der Waals surface area contributed by atoms with E-state index in [0.29, 0.717) is 25.2 Å². The van der Waals surface area contributed by atoms with Gasteiger partial charge in [0.1, 0.15) is 24.9 Å². The van der Waals surface area contributed by atoms with Crippen LogP contribution >= 0.6 is 0 Å². The minimum atomic E-state index is -2.23. The van der Waals surface area contributed by atoms with E-state index in [-0.39, 0.29) is 33.5 Å². The van der Waals surface area contributed by atoms with Crippen LogP contribution in [-0.2, 0) is 38.1 Å². The molecule has 0 amide bonds. The second kappa shape index (κ2) is 13.8. The Bertz CT molecular complexity index is 1560. The van der Waals surface area contributed by atoms with Gasteiger partial charge in [-0.2, -0.15) is 0 Å². The Balaban J connectivity index is 1.25. The number of rotatable bonds is 10. The maximum atomic E-state index is 13.0. The van der Waals surface area contributed by atoms with Gasteiger partial charge < -0.3 is 49.6 Å². The van der Waals surface area contributed by atoms with Gasteiger partial charge in [-0.05, 0) is 109 Å². The number of aliphatic carboxylic acids is 4. The molecule has 0 aromatic carbocycles. The summed E-state index contributed by atoms with van der Waals surface area (Å²) in [5.74, 6) is -4.98. The molecular formula is C40H60O14. The van der Waals surface area contributed by atoms with Crippen LogP contribution in [0.25, 0.3) is 0 Å². The molecule has 0 aromatic rings. The van der Waals surface area contributed by atoms with Crippen molar-refractivity contribution in [3.8, 4) is 0 Å². The smallest absolute Gasteiger partial charge is 0.361 e. The summed E-state index contributed by atoms with van der Waals surface area (Å²) in [7, 11) is 0. The number of fused-ring (bicyclic) bond motifs is 7. The van der Waals surface area contributed by atoms with E-state index in [2.05, 4.69) is 54.5 Å². The molecule has 0 aromatic heterocycles. The average molecular weight is 765 g/mol. The van der Waals surface area contributed by atoms with Gasteiger partial charge in [0.05, 0.1) is 11.5 Å². The first-order valence-corrected chi connectivity index (χ1v) is 19.5. The molecule has 4 saturated carbocycles. The highest BCUT2D eigenvalue weighted by atomic mass is 16.7. The predicted molar refractivity (Wildman–Crippen MR) is 190 cm³/mol. The van der Waals surface area contributed by atoms with Gasteiger partial charge in [0.2, 0.25) is 0 Å². The Morgan fingerprint density at radius 2 is 1.52 bits per heavy atom. The Labute approximate surface area is 316 Å². The van der Waals surface area contributed by atoms with Gasteiger partial charge in [-0.25, -0.2) is 14.4 Å². The predicted octanol–water partition coefficient (Wildman–Crippen LogP) is 4.69. The molecule has 6 N–H and O–H groups in total. The largest absolute Gasteiger partial charge is 0.481 e. The molecular weight excluding hydrogens is 704 g/mol. The number of carboxylic acids is 4. The van der Waals surface area contributed by atoms with Crippen molar-refractivity contribution in [1.82, 2.24) is 0 Å². The Kier molecular flexibility index (Phi) is 10.5. The first kappa shape index (κ1) is 41.0. The molecule has 14 atom stereocenters. The Morgan fingerprint density at radius 1 is 0.852 bits per heavy atom. The van der Waals surface area contributed by atoms with Gasteiger partial charge in [0.25, 0.3) is 6.29 Å². The van der Waals surface area contributed by atoms with E-state index in [0.717, 1.165) is 44.9 Å². The molecule has 0 spiro atoms.